The van der Waals surface area contributed by atoms with Crippen LogP contribution in [0.2, 0.25) is 0 Å². The number of nitrogens with zero attached hydrogens (tertiary/aromatic N) is 1. The number of Topliss-reactive ketones (excluding diaryl/α,β-unsaturated/α-hetero) is 2. The van der Waals surface area contributed by atoms with Gasteiger partial charge in [-0.2, -0.15) is 0 Å². The molecule has 0 radical (unpaired) electrons. The normalized spacial score (nSPS) is 12.6. The van der Waals surface area contributed by atoms with Crippen LogP contribution in [0.3, 0.4) is 0 Å². The second-order valence-electron chi connectivity index (χ2n) is 15.5. The standard InChI is InChI=1S/C41H71N15O13/c1-4-10-27(30(58)20-26(12-7-16-51-39(44)45)35(63)67-22-66-34(62)25(5-2)11-6-15-50-38(42)43)54-32(60)21-33(61)56-29(14-9-18-53-41(48)49)37(65)69-23-68-36(64)28(13-8-17-52-40(46)47)55-31(59)19-24(3)57/h4,25-29H,1,5-23H2,2-3H3,(H,54,60)(H,55,59)(H,56,61)(H4,42,43,50)(H4,44,45,51)(H4,46,47,52)(H4,48,49,53)/p+3. The van der Waals surface area contributed by atoms with Crippen molar-refractivity contribution in [1.29, 1.82) is 0 Å². The Balaban J connectivity index is 5.82. The second kappa shape index (κ2) is 35.6. The number of hydrogen-bond acceptors (Lipinski definition) is 14. The Labute approximate surface area is 400 Å². The molecule has 0 aliphatic rings. The van der Waals surface area contributed by atoms with Crippen LogP contribution in [0.25, 0.3) is 0 Å². The van der Waals surface area contributed by atoms with Crippen molar-refractivity contribution in [2.75, 3.05) is 39.8 Å². The summed E-state index contributed by atoms with van der Waals surface area (Å²) in [6.07, 6.45) is 1.54. The Bertz CT molecular complexity index is 1840. The highest BCUT2D eigenvalue weighted by molar-refractivity contribution is 6.01. The van der Waals surface area contributed by atoms with Gasteiger partial charge < -0.3 is 46.4 Å². The van der Waals surface area contributed by atoms with Gasteiger partial charge in [0.1, 0.15) is 24.3 Å². The van der Waals surface area contributed by atoms with Gasteiger partial charge in [-0.25, -0.2) is 9.59 Å². The molecule has 28 heteroatoms. The highest BCUT2D eigenvalue weighted by Crippen LogP contribution is 2.17. The van der Waals surface area contributed by atoms with Crippen molar-refractivity contribution in [2.45, 2.75) is 115 Å². The smallest absolute Gasteiger partial charge is 0.338 e. The number of ketones is 2. The van der Waals surface area contributed by atoms with Crippen molar-refractivity contribution >= 4 is 77.0 Å². The number of amides is 3. The lowest BCUT2D eigenvalue weighted by molar-refractivity contribution is -0.460. The van der Waals surface area contributed by atoms with Gasteiger partial charge in [0, 0.05) is 13.0 Å². The first-order valence-corrected chi connectivity index (χ1v) is 22.2. The average Bonchev–Trinajstić information content (AvgIpc) is 3.25. The van der Waals surface area contributed by atoms with Crippen LogP contribution in [0.4, 0.5) is 0 Å². The van der Waals surface area contributed by atoms with Crippen molar-refractivity contribution in [3.8, 4) is 0 Å². The van der Waals surface area contributed by atoms with Crippen LogP contribution in [0.5, 0.6) is 0 Å². The Morgan fingerprint density at radius 2 is 0.971 bits per heavy atom. The topological polar surface area (TPSA) is 489 Å². The summed E-state index contributed by atoms with van der Waals surface area (Å²) in [4.78, 5) is 127. The molecule has 69 heavy (non-hydrogen) atoms. The minimum atomic E-state index is -1.42. The summed E-state index contributed by atoms with van der Waals surface area (Å²) < 4.78 is 20.6. The van der Waals surface area contributed by atoms with Crippen molar-refractivity contribution < 1.29 is 77.1 Å². The highest BCUT2D eigenvalue weighted by Gasteiger charge is 2.30. The van der Waals surface area contributed by atoms with Gasteiger partial charge in [0.05, 0.1) is 43.9 Å². The Hall–Kier alpha value is -7.55. The summed E-state index contributed by atoms with van der Waals surface area (Å²) in [6.45, 7) is 5.87. The number of aliphatic imine (C=N–C) groups is 1. The van der Waals surface area contributed by atoms with Gasteiger partial charge in [0.15, 0.2) is 11.7 Å². The molecule has 5 atom stereocenters. The zero-order chi connectivity index (χ0) is 52.3. The van der Waals surface area contributed by atoms with E-state index >= 15 is 0 Å². The van der Waals surface area contributed by atoms with Crippen LogP contribution in [-0.4, -0.2) is 135 Å². The lowest BCUT2D eigenvalue weighted by Gasteiger charge is -2.21. The fourth-order valence-corrected chi connectivity index (χ4v) is 6.15. The monoisotopic (exact) mass is 985 g/mol. The maximum Gasteiger partial charge on any atom is 0.338 e. The third kappa shape index (κ3) is 31.1. The maximum atomic E-state index is 13.6. The van der Waals surface area contributed by atoms with Crippen LogP contribution in [0.1, 0.15) is 97.3 Å². The molecular formula is C41H74N15O13+3. The molecule has 388 valence electrons. The molecule has 0 aromatic rings. The molecule has 0 aromatic heterocycles. The first kappa shape index (κ1) is 61.5. The molecule has 28 nitrogen and oxygen atoms in total. The van der Waals surface area contributed by atoms with Crippen LogP contribution < -0.4 is 76.8 Å². The van der Waals surface area contributed by atoms with E-state index in [0.29, 0.717) is 32.2 Å². The number of nitrogens with two attached hydrogens (primary N) is 8. The van der Waals surface area contributed by atoms with E-state index in [1.54, 1.807) is 6.92 Å². The molecular weight excluding hydrogens is 911 g/mol. The van der Waals surface area contributed by atoms with E-state index in [0.717, 1.165) is 0 Å². The van der Waals surface area contributed by atoms with Gasteiger partial charge in [0.25, 0.3) is 0 Å². The van der Waals surface area contributed by atoms with Crippen molar-refractivity contribution in [1.82, 2.24) is 16.0 Å². The summed E-state index contributed by atoms with van der Waals surface area (Å²) in [5.74, 6) is -9.18. The number of guanidine groups is 4. The fraction of sp³-hybridized carbons (Fsp3) is 0.634. The molecule has 22 N–H and O–H groups in total. The van der Waals surface area contributed by atoms with Crippen LogP contribution >= 0.6 is 0 Å². The third-order valence-electron chi connectivity index (χ3n) is 9.57. The number of nitrogens with one attached hydrogen (secondary N) is 6. The van der Waals surface area contributed by atoms with Crippen molar-refractivity contribution in [2.24, 2.45) is 62.7 Å². The zero-order valence-corrected chi connectivity index (χ0v) is 39.5. The molecule has 5 unspecified atom stereocenters. The first-order chi connectivity index (χ1) is 32.6. The van der Waals surface area contributed by atoms with Gasteiger partial charge in [-0.05, 0) is 71.1 Å². The van der Waals surface area contributed by atoms with E-state index in [9.17, 15) is 43.2 Å². The van der Waals surface area contributed by atoms with Gasteiger partial charge in [-0.1, -0.05) is 13.0 Å². The average molecular weight is 985 g/mol. The Kier molecular flexibility index (Phi) is 31.7. The molecule has 0 saturated carbocycles. The van der Waals surface area contributed by atoms with Crippen LogP contribution in [0, 0.1) is 11.8 Å². The quantitative estimate of drug-likeness (QED) is 0.00523. The van der Waals surface area contributed by atoms with Crippen LogP contribution in [0.15, 0.2) is 17.6 Å². The number of ether oxygens (including phenoxy) is 4. The maximum absolute atomic E-state index is 13.6. The van der Waals surface area contributed by atoms with Gasteiger partial charge in [-0.3, -0.25) is 87.9 Å². The van der Waals surface area contributed by atoms with E-state index < -0.39 is 116 Å². The molecule has 0 heterocycles. The lowest BCUT2D eigenvalue weighted by Crippen LogP contribution is -2.78. The summed E-state index contributed by atoms with van der Waals surface area (Å²) in [5, 5.41) is 7.21. The molecule has 0 saturated heterocycles. The molecule has 3 amide bonds. The summed E-state index contributed by atoms with van der Waals surface area (Å²) >= 11 is 0. The lowest BCUT2D eigenvalue weighted by atomic mass is 9.93. The van der Waals surface area contributed by atoms with Gasteiger partial charge >= 0.3 is 41.8 Å². The van der Waals surface area contributed by atoms with Crippen molar-refractivity contribution in [3.05, 3.63) is 12.7 Å². The number of hydrogen-bond donors (Lipinski definition) is 14. The molecule has 0 rings (SSSR count). The Morgan fingerprint density at radius 1 is 0.565 bits per heavy atom. The predicted molar refractivity (Wildman–Crippen MR) is 247 cm³/mol. The van der Waals surface area contributed by atoms with E-state index in [4.69, 9.17) is 64.8 Å². The van der Waals surface area contributed by atoms with Gasteiger partial charge in [-0.15, -0.1) is 6.58 Å². The number of rotatable bonds is 37. The van der Waals surface area contributed by atoms with Gasteiger partial charge in [0.2, 0.25) is 31.3 Å². The van der Waals surface area contributed by atoms with E-state index in [1.165, 1.54) is 13.0 Å². The second-order valence-corrected chi connectivity index (χ2v) is 15.5. The van der Waals surface area contributed by atoms with Crippen molar-refractivity contribution in [3.63, 3.8) is 0 Å². The largest absolute Gasteiger partial charge is 0.428 e. The zero-order valence-electron chi connectivity index (χ0n) is 39.5. The number of carbonyl (C=O) groups is 9. The minimum absolute atomic E-state index is 0.0149. The predicted octanol–water partition coefficient (Wildman–Crippen LogP) is -9.47. The highest BCUT2D eigenvalue weighted by atomic mass is 16.7. The minimum Gasteiger partial charge on any atom is -0.428 e. The van der Waals surface area contributed by atoms with E-state index in [1.807, 2.05) is 0 Å². The third-order valence-corrected chi connectivity index (χ3v) is 9.57. The fourth-order valence-electron chi connectivity index (χ4n) is 6.15. The van der Waals surface area contributed by atoms with E-state index in [2.05, 4.69) is 42.5 Å². The number of esters is 4. The summed E-state index contributed by atoms with van der Waals surface area (Å²) in [7, 11) is 0. The molecule has 0 fully saturated rings. The molecule has 0 aliphatic carbocycles. The first-order valence-electron chi connectivity index (χ1n) is 22.2. The molecule has 0 aromatic carbocycles. The number of carbonyl (C=O) groups excluding carboxylic acids is 9. The Morgan fingerprint density at radius 3 is 1.41 bits per heavy atom. The van der Waals surface area contributed by atoms with E-state index in [-0.39, 0.29) is 82.0 Å². The van der Waals surface area contributed by atoms with Crippen LogP contribution in [-0.2, 0) is 62.1 Å². The summed E-state index contributed by atoms with van der Waals surface area (Å²) in [6, 6.07) is -3.93. The summed E-state index contributed by atoms with van der Waals surface area (Å²) in [5.41, 5.74) is 43.2. The molecule has 0 bridgehead atoms. The SMILES string of the molecule is C=CCC(NC(=O)CC(=O)NC(CCCN=C(N)N)C(=O)OCOC(=O)C(CCC[NH+]=C(N)N)NC(=O)CC(C)=O)C(=O)CC(CCC[NH+]=C(N)N)C(=O)OCOC(=O)C(CC)CCC[NH+]=C(N)N. The molecule has 0 spiro atoms. The molecule has 0 aliphatic heterocycles.